The van der Waals surface area contributed by atoms with Crippen LogP contribution in [0.2, 0.25) is 0 Å². The maximum atomic E-state index is 11.7. The SMILES string of the molecule is Cn1cc(C(=O)CC2(N)CCC2)cn1. The third-order valence-electron chi connectivity index (χ3n) is 2.89. The highest BCUT2D eigenvalue weighted by atomic mass is 16.1. The van der Waals surface area contributed by atoms with E-state index in [0.717, 1.165) is 19.3 Å². The molecule has 1 fully saturated rings. The Morgan fingerprint density at radius 1 is 1.71 bits per heavy atom. The zero-order valence-electron chi connectivity index (χ0n) is 8.36. The Balaban J connectivity index is 2.02. The van der Waals surface area contributed by atoms with Gasteiger partial charge in [-0.05, 0) is 19.3 Å². The zero-order chi connectivity index (χ0) is 10.2. The molecule has 1 aliphatic carbocycles. The predicted molar refractivity (Wildman–Crippen MR) is 52.9 cm³/mol. The van der Waals surface area contributed by atoms with Gasteiger partial charge >= 0.3 is 0 Å². The van der Waals surface area contributed by atoms with Crippen molar-refractivity contribution >= 4 is 5.78 Å². The molecule has 0 aliphatic heterocycles. The Labute approximate surface area is 83.1 Å². The fraction of sp³-hybridized carbons (Fsp3) is 0.600. The molecule has 0 unspecified atom stereocenters. The number of hydrogen-bond acceptors (Lipinski definition) is 3. The van der Waals surface area contributed by atoms with E-state index in [4.69, 9.17) is 5.73 Å². The first-order chi connectivity index (χ1) is 6.59. The molecule has 1 heterocycles. The average molecular weight is 193 g/mol. The van der Waals surface area contributed by atoms with Crippen LogP contribution in [0, 0.1) is 0 Å². The lowest BCUT2D eigenvalue weighted by Gasteiger charge is -2.37. The van der Waals surface area contributed by atoms with E-state index in [1.165, 1.54) is 0 Å². The summed E-state index contributed by atoms with van der Waals surface area (Å²) in [5, 5.41) is 3.97. The number of nitrogens with zero attached hydrogens (tertiary/aromatic N) is 2. The maximum absolute atomic E-state index is 11.7. The minimum absolute atomic E-state index is 0.111. The van der Waals surface area contributed by atoms with Crippen molar-refractivity contribution < 1.29 is 4.79 Å². The topological polar surface area (TPSA) is 60.9 Å². The van der Waals surface area contributed by atoms with Gasteiger partial charge in [0.25, 0.3) is 0 Å². The number of Topliss-reactive ketones (excluding diaryl/α,β-unsaturated/α-hetero) is 1. The van der Waals surface area contributed by atoms with Crippen molar-refractivity contribution in [3.05, 3.63) is 18.0 Å². The molecule has 0 radical (unpaired) electrons. The summed E-state index contributed by atoms with van der Waals surface area (Å²) >= 11 is 0. The summed E-state index contributed by atoms with van der Waals surface area (Å²) in [5.74, 6) is 0.111. The van der Waals surface area contributed by atoms with Crippen molar-refractivity contribution in [2.75, 3.05) is 0 Å². The van der Waals surface area contributed by atoms with Gasteiger partial charge in [0, 0.05) is 25.2 Å². The van der Waals surface area contributed by atoms with Crippen LogP contribution < -0.4 is 5.73 Å². The highest BCUT2D eigenvalue weighted by molar-refractivity contribution is 5.96. The Kier molecular flexibility index (Phi) is 2.15. The van der Waals surface area contributed by atoms with Gasteiger partial charge in [0.15, 0.2) is 5.78 Å². The van der Waals surface area contributed by atoms with E-state index in [0.29, 0.717) is 12.0 Å². The molecule has 76 valence electrons. The maximum Gasteiger partial charge on any atom is 0.167 e. The normalized spacial score (nSPS) is 19.0. The third kappa shape index (κ3) is 1.70. The molecule has 2 rings (SSSR count). The van der Waals surface area contributed by atoms with Crippen LogP contribution in [0.3, 0.4) is 0 Å². The number of aryl methyl sites for hydroxylation is 1. The highest BCUT2D eigenvalue weighted by Gasteiger charge is 2.34. The monoisotopic (exact) mass is 193 g/mol. The molecular formula is C10H15N3O. The van der Waals surface area contributed by atoms with Crippen LogP contribution >= 0.6 is 0 Å². The van der Waals surface area contributed by atoms with Crippen molar-refractivity contribution in [2.45, 2.75) is 31.2 Å². The van der Waals surface area contributed by atoms with Crippen LogP contribution in [0.25, 0.3) is 0 Å². The summed E-state index contributed by atoms with van der Waals surface area (Å²) in [6.45, 7) is 0. The van der Waals surface area contributed by atoms with Gasteiger partial charge in [0.05, 0.1) is 11.8 Å². The summed E-state index contributed by atoms with van der Waals surface area (Å²) in [5.41, 5.74) is 6.44. The summed E-state index contributed by atoms with van der Waals surface area (Å²) in [6, 6.07) is 0. The zero-order valence-corrected chi connectivity index (χ0v) is 8.36. The molecule has 1 saturated carbocycles. The second kappa shape index (κ2) is 3.20. The molecule has 0 spiro atoms. The van der Waals surface area contributed by atoms with E-state index in [2.05, 4.69) is 5.10 Å². The van der Waals surface area contributed by atoms with Gasteiger partial charge in [-0.2, -0.15) is 5.10 Å². The van der Waals surface area contributed by atoms with Crippen LogP contribution in [0.1, 0.15) is 36.0 Å². The van der Waals surface area contributed by atoms with E-state index in [-0.39, 0.29) is 11.3 Å². The van der Waals surface area contributed by atoms with Crippen LogP contribution in [0.4, 0.5) is 0 Å². The van der Waals surface area contributed by atoms with Gasteiger partial charge in [-0.25, -0.2) is 0 Å². The van der Waals surface area contributed by atoms with Crippen LogP contribution in [-0.2, 0) is 7.05 Å². The third-order valence-corrected chi connectivity index (χ3v) is 2.89. The van der Waals surface area contributed by atoms with E-state index in [1.807, 2.05) is 0 Å². The Morgan fingerprint density at radius 3 is 2.86 bits per heavy atom. The minimum Gasteiger partial charge on any atom is -0.325 e. The molecule has 0 atom stereocenters. The number of aromatic nitrogens is 2. The number of carbonyl (C=O) groups is 1. The van der Waals surface area contributed by atoms with Crippen molar-refractivity contribution in [1.82, 2.24) is 9.78 Å². The van der Waals surface area contributed by atoms with E-state index >= 15 is 0 Å². The van der Waals surface area contributed by atoms with Gasteiger partial charge in [-0.1, -0.05) is 0 Å². The summed E-state index contributed by atoms with van der Waals surface area (Å²) < 4.78 is 1.64. The lowest BCUT2D eigenvalue weighted by Crippen LogP contribution is -2.48. The largest absolute Gasteiger partial charge is 0.325 e. The quantitative estimate of drug-likeness (QED) is 0.725. The first-order valence-electron chi connectivity index (χ1n) is 4.90. The van der Waals surface area contributed by atoms with E-state index in [1.54, 1.807) is 24.1 Å². The molecule has 4 heteroatoms. The Hall–Kier alpha value is -1.16. The van der Waals surface area contributed by atoms with E-state index in [9.17, 15) is 4.79 Å². The molecule has 1 aliphatic rings. The molecule has 0 saturated heterocycles. The molecule has 0 bridgehead atoms. The fourth-order valence-electron chi connectivity index (χ4n) is 1.79. The summed E-state index contributed by atoms with van der Waals surface area (Å²) in [7, 11) is 1.80. The first kappa shape index (κ1) is 9.40. The summed E-state index contributed by atoms with van der Waals surface area (Å²) in [6.07, 6.45) is 6.89. The van der Waals surface area contributed by atoms with Crippen molar-refractivity contribution in [1.29, 1.82) is 0 Å². The molecule has 0 amide bonds. The van der Waals surface area contributed by atoms with Crippen LogP contribution in [-0.4, -0.2) is 21.1 Å². The van der Waals surface area contributed by atoms with Crippen molar-refractivity contribution in [3.63, 3.8) is 0 Å². The van der Waals surface area contributed by atoms with Crippen LogP contribution in [0.5, 0.6) is 0 Å². The number of ketones is 1. The number of rotatable bonds is 3. The van der Waals surface area contributed by atoms with Gasteiger partial charge in [0.1, 0.15) is 0 Å². The van der Waals surface area contributed by atoms with Crippen LogP contribution in [0.15, 0.2) is 12.4 Å². The number of hydrogen-bond donors (Lipinski definition) is 1. The molecule has 1 aromatic heterocycles. The Bertz CT molecular complexity index is 352. The molecule has 1 aromatic rings. The molecule has 0 aromatic carbocycles. The predicted octanol–water partition coefficient (Wildman–Crippen LogP) is 0.874. The highest BCUT2D eigenvalue weighted by Crippen LogP contribution is 2.33. The second-order valence-electron chi connectivity index (χ2n) is 4.22. The number of nitrogens with two attached hydrogens (primary N) is 1. The molecule has 14 heavy (non-hydrogen) atoms. The van der Waals surface area contributed by atoms with Gasteiger partial charge in [-0.15, -0.1) is 0 Å². The minimum atomic E-state index is -0.229. The van der Waals surface area contributed by atoms with E-state index < -0.39 is 0 Å². The molecular weight excluding hydrogens is 178 g/mol. The van der Waals surface area contributed by atoms with Gasteiger partial charge in [0.2, 0.25) is 0 Å². The molecule has 2 N–H and O–H groups in total. The van der Waals surface area contributed by atoms with Crippen molar-refractivity contribution in [3.8, 4) is 0 Å². The lowest BCUT2D eigenvalue weighted by atomic mass is 9.74. The first-order valence-corrected chi connectivity index (χ1v) is 4.90. The standard InChI is InChI=1S/C10H15N3O/c1-13-7-8(6-12-13)9(14)5-10(11)3-2-4-10/h6-7H,2-5,11H2,1H3. The lowest BCUT2D eigenvalue weighted by molar-refractivity contribution is 0.0912. The summed E-state index contributed by atoms with van der Waals surface area (Å²) in [4.78, 5) is 11.7. The van der Waals surface area contributed by atoms with Crippen molar-refractivity contribution in [2.24, 2.45) is 12.8 Å². The fourth-order valence-corrected chi connectivity index (χ4v) is 1.79. The second-order valence-corrected chi connectivity index (χ2v) is 4.22. The smallest absolute Gasteiger partial charge is 0.167 e. The molecule has 4 nitrogen and oxygen atoms in total. The Morgan fingerprint density at radius 2 is 2.43 bits per heavy atom. The van der Waals surface area contributed by atoms with Gasteiger partial charge < -0.3 is 5.73 Å². The number of carbonyl (C=O) groups excluding carboxylic acids is 1. The van der Waals surface area contributed by atoms with Gasteiger partial charge in [-0.3, -0.25) is 9.48 Å². The average Bonchev–Trinajstić information content (AvgIpc) is 2.49.